The zero-order valence-electron chi connectivity index (χ0n) is 16.1. The molecule has 0 aliphatic heterocycles. The van der Waals surface area contributed by atoms with Gasteiger partial charge in [-0.2, -0.15) is 0 Å². The van der Waals surface area contributed by atoms with Crippen LogP contribution in [0.15, 0.2) is 12.2 Å². The van der Waals surface area contributed by atoms with Gasteiger partial charge in [-0.15, -0.1) is 0 Å². The Kier molecular flexibility index (Phi) is 22.1. The van der Waals surface area contributed by atoms with Gasteiger partial charge in [0.2, 0.25) is 0 Å². The van der Waals surface area contributed by atoms with E-state index in [4.69, 9.17) is 5.11 Å². The standard InChI is InChI=1S/C18H34O2.Mg.2H/c1-2-3-4-5-6-7-8-9-10-11-12-13-14-15-16-17-18(19)20;;;/h9-10H,2-8,11-17H2,1H3,(H,19,20);;;/q;+2;2*-1/b10-9+;;;. The van der Waals surface area contributed by atoms with Crippen molar-refractivity contribution >= 4 is 29.0 Å². The quantitative estimate of drug-likeness (QED) is 0.230. The first-order valence-corrected chi connectivity index (χ1v) is 8.64. The molecule has 0 rings (SSSR count). The Morgan fingerprint density at radius 2 is 1.24 bits per heavy atom. The average molecular weight is 309 g/mol. The molecule has 0 atom stereocenters. The van der Waals surface area contributed by atoms with Gasteiger partial charge in [0.1, 0.15) is 0 Å². The Morgan fingerprint density at radius 1 is 0.810 bits per heavy atom. The molecule has 0 aromatic rings. The first-order chi connectivity index (χ1) is 9.77. The van der Waals surface area contributed by atoms with Crippen LogP contribution in [-0.2, 0) is 4.79 Å². The van der Waals surface area contributed by atoms with Crippen molar-refractivity contribution in [1.29, 1.82) is 0 Å². The molecule has 0 saturated heterocycles. The van der Waals surface area contributed by atoms with Crippen LogP contribution in [0.1, 0.15) is 99.7 Å². The molecule has 0 saturated carbocycles. The predicted molar refractivity (Wildman–Crippen MR) is 95.1 cm³/mol. The fourth-order valence-corrected chi connectivity index (χ4v) is 2.35. The molecular formula is C18H36MgO2. The molecule has 0 unspecified atom stereocenters. The SMILES string of the molecule is CCCCCCCC/C=C/CCCCCCCC(=O)O.[H-].[H-].[Mg+2]. The second-order valence-corrected chi connectivity index (χ2v) is 5.73. The van der Waals surface area contributed by atoms with Crippen molar-refractivity contribution in [3.63, 3.8) is 0 Å². The molecule has 0 heterocycles. The van der Waals surface area contributed by atoms with E-state index in [-0.39, 0.29) is 25.9 Å². The molecule has 0 aromatic carbocycles. The number of carboxylic acid groups (broad SMARTS) is 1. The third-order valence-corrected chi connectivity index (χ3v) is 3.65. The topological polar surface area (TPSA) is 37.3 Å². The van der Waals surface area contributed by atoms with Crippen molar-refractivity contribution in [2.45, 2.75) is 96.8 Å². The number of aliphatic carboxylic acids is 1. The van der Waals surface area contributed by atoms with Crippen molar-refractivity contribution in [3.8, 4) is 0 Å². The number of carboxylic acids is 1. The summed E-state index contributed by atoms with van der Waals surface area (Å²) >= 11 is 0. The maximum atomic E-state index is 10.3. The molecule has 2 nitrogen and oxygen atoms in total. The summed E-state index contributed by atoms with van der Waals surface area (Å²) in [6.07, 6.45) is 21.2. The summed E-state index contributed by atoms with van der Waals surface area (Å²) in [5, 5.41) is 8.51. The molecule has 0 bridgehead atoms. The maximum Gasteiger partial charge on any atom is 2.00 e. The maximum absolute atomic E-state index is 10.3. The van der Waals surface area contributed by atoms with Crippen molar-refractivity contribution in [2.75, 3.05) is 0 Å². The summed E-state index contributed by atoms with van der Waals surface area (Å²) in [5.74, 6) is -0.664. The van der Waals surface area contributed by atoms with Gasteiger partial charge in [0, 0.05) is 6.42 Å². The molecule has 21 heavy (non-hydrogen) atoms. The minimum atomic E-state index is -0.664. The van der Waals surface area contributed by atoms with Gasteiger partial charge >= 0.3 is 29.0 Å². The van der Waals surface area contributed by atoms with E-state index in [9.17, 15) is 4.79 Å². The zero-order chi connectivity index (χ0) is 14.9. The minimum absolute atomic E-state index is 0. The van der Waals surface area contributed by atoms with Gasteiger partial charge in [-0.25, -0.2) is 0 Å². The molecule has 0 amide bonds. The van der Waals surface area contributed by atoms with E-state index in [1.807, 2.05) is 0 Å². The Bertz CT molecular complexity index is 249. The van der Waals surface area contributed by atoms with Gasteiger partial charge in [0.15, 0.2) is 0 Å². The number of allylic oxidation sites excluding steroid dienone is 2. The Hall–Kier alpha value is -0.0238. The Balaban J connectivity index is -0.000000602. The van der Waals surface area contributed by atoms with Crippen LogP contribution in [-0.4, -0.2) is 34.1 Å². The molecule has 1 N–H and O–H groups in total. The van der Waals surface area contributed by atoms with Crippen LogP contribution >= 0.6 is 0 Å². The summed E-state index contributed by atoms with van der Waals surface area (Å²) in [7, 11) is 0. The molecule has 0 fully saturated rings. The van der Waals surface area contributed by atoms with E-state index in [1.54, 1.807) is 0 Å². The third kappa shape index (κ3) is 22.4. The second kappa shape index (κ2) is 20.0. The molecule has 3 heteroatoms. The number of rotatable bonds is 15. The van der Waals surface area contributed by atoms with Crippen LogP contribution < -0.4 is 0 Å². The fraction of sp³-hybridized carbons (Fsp3) is 0.833. The largest absolute Gasteiger partial charge is 2.00 e. The van der Waals surface area contributed by atoms with Gasteiger partial charge in [-0.1, -0.05) is 70.4 Å². The normalized spacial score (nSPS) is 10.7. The van der Waals surface area contributed by atoms with Crippen LogP contribution in [0, 0.1) is 0 Å². The van der Waals surface area contributed by atoms with Gasteiger partial charge in [-0.3, -0.25) is 4.79 Å². The van der Waals surface area contributed by atoms with Crippen LogP contribution in [0.5, 0.6) is 0 Å². The third-order valence-electron chi connectivity index (χ3n) is 3.65. The number of carbonyl (C=O) groups is 1. The van der Waals surface area contributed by atoms with Gasteiger partial charge in [0.05, 0.1) is 0 Å². The number of hydrogen-bond acceptors (Lipinski definition) is 1. The number of unbranched alkanes of at least 4 members (excludes halogenated alkanes) is 11. The minimum Gasteiger partial charge on any atom is -1.00 e. The van der Waals surface area contributed by atoms with E-state index >= 15 is 0 Å². The van der Waals surface area contributed by atoms with Crippen LogP contribution in [0.3, 0.4) is 0 Å². The molecule has 122 valence electrons. The predicted octanol–water partition coefficient (Wildman–Crippen LogP) is 5.95. The molecule has 0 spiro atoms. The van der Waals surface area contributed by atoms with Gasteiger partial charge in [-0.05, 0) is 32.1 Å². The van der Waals surface area contributed by atoms with Crippen LogP contribution in [0.4, 0.5) is 0 Å². The van der Waals surface area contributed by atoms with E-state index in [2.05, 4.69) is 19.1 Å². The smallest absolute Gasteiger partial charge is 1.00 e. The molecule has 0 aliphatic carbocycles. The van der Waals surface area contributed by atoms with Crippen molar-refractivity contribution in [3.05, 3.63) is 12.2 Å². The molecular weight excluding hydrogens is 273 g/mol. The summed E-state index contributed by atoms with van der Waals surface area (Å²) in [6, 6.07) is 0. The molecule has 0 aliphatic rings. The van der Waals surface area contributed by atoms with Crippen molar-refractivity contribution in [1.82, 2.24) is 0 Å². The average Bonchev–Trinajstić information content (AvgIpc) is 2.43. The molecule has 0 radical (unpaired) electrons. The fourth-order valence-electron chi connectivity index (χ4n) is 2.35. The first-order valence-electron chi connectivity index (χ1n) is 8.64. The van der Waals surface area contributed by atoms with E-state index in [1.165, 1.54) is 70.6 Å². The molecule has 0 aromatic heterocycles. The zero-order valence-corrected chi connectivity index (χ0v) is 15.5. The monoisotopic (exact) mass is 308 g/mol. The first kappa shape index (κ1) is 23.2. The summed E-state index contributed by atoms with van der Waals surface area (Å²) in [6.45, 7) is 2.26. The van der Waals surface area contributed by atoms with E-state index in [0.29, 0.717) is 6.42 Å². The van der Waals surface area contributed by atoms with Crippen molar-refractivity contribution < 1.29 is 12.8 Å². The Labute approximate surface area is 150 Å². The van der Waals surface area contributed by atoms with Gasteiger partial charge < -0.3 is 7.96 Å². The summed E-state index contributed by atoms with van der Waals surface area (Å²) in [4.78, 5) is 10.3. The van der Waals surface area contributed by atoms with Crippen LogP contribution in [0.25, 0.3) is 0 Å². The second-order valence-electron chi connectivity index (χ2n) is 5.73. The van der Waals surface area contributed by atoms with E-state index in [0.717, 1.165) is 12.8 Å². The Morgan fingerprint density at radius 3 is 1.71 bits per heavy atom. The summed E-state index contributed by atoms with van der Waals surface area (Å²) < 4.78 is 0. The summed E-state index contributed by atoms with van der Waals surface area (Å²) in [5.41, 5.74) is 0. The van der Waals surface area contributed by atoms with Crippen LogP contribution in [0.2, 0.25) is 0 Å². The van der Waals surface area contributed by atoms with E-state index < -0.39 is 5.97 Å². The van der Waals surface area contributed by atoms with Crippen molar-refractivity contribution in [2.24, 2.45) is 0 Å². The number of hydrogen-bond donors (Lipinski definition) is 1. The van der Waals surface area contributed by atoms with Gasteiger partial charge in [0.25, 0.3) is 0 Å².